The third kappa shape index (κ3) is 2.92. The molecule has 2 rings (SSSR count). The van der Waals surface area contributed by atoms with Crippen molar-refractivity contribution >= 4 is 0 Å². The van der Waals surface area contributed by atoms with E-state index in [1.807, 2.05) is 31.2 Å². The Balaban J connectivity index is 1.67. The Labute approximate surface area is 93.8 Å². The van der Waals surface area contributed by atoms with E-state index in [-0.39, 0.29) is 13.1 Å². The summed E-state index contributed by atoms with van der Waals surface area (Å²) in [6.45, 7) is 2.75. The lowest BCUT2D eigenvalue weighted by Gasteiger charge is -2.38. The predicted molar refractivity (Wildman–Crippen MR) is 58.1 cm³/mol. The third-order valence-corrected chi connectivity index (χ3v) is 2.61. The van der Waals surface area contributed by atoms with Crippen LogP contribution in [0.5, 0.6) is 5.75 Å². The highest BCUT2D eigenvalue weighted by atomic mass is 19.3. The zero-order valence-electron chi connectivity index (χ0n) is 9.25. The molecule has 0 atom stereocenters. The molecular weight excluding hydrogens is 212 g/mol. The monoisotopic (exact) mass is 227 g/mol. The summed E-state index contributed by atoms with van der Waals surface area (Å²) in [6.07, 6.45) is 0. The number of ether oxygens (including phenoxy) is 1. The molecule has 4 heteroatoms. The second kappa shape index (κ2) is 4.37. The van der Waals surface area contributed by atoms with Crippen molar-refractivity contribution in [2.24, 2.45) is 0 Å². The standard InChI is InChI=1S/C12H15F2NO/c1-10-2-4-11(5-3-10)16-7-6-15-8-12(13,14)9-15/h2-5H,6-9H2,1H3. The van der Waals surface area contributed by atoms with Crippen LogP contribution in [0.2, 0.25) is 0 Å². The van der Waals surface area contributed by atoms with Crippen LogP contribution in [0.1, 0.15) is 5.56 Å². The fourth-order valence-corrected chi connectivity index (χ4v) is 1.69. The van der Waals surface area contributed by atoms with Crippen LogP contribution in [-0.4, -0.2) is 37.1 Å². The van der Waals surface area contributed by atoms with Crippen molar-refractivity contribution < 1.29 is 13.5 Å². The van der Waals surface area contributed by atoms with Gasteiger partial charge in [0.15, 0.2) is 0 Å². The molecule has 1 aromatic rings. The molecule has 0 spiro atoms. The molecule has 1 heterocycles. The second-order valence-corrected chi connectivity index (χ2v) is 4.23. The van der Waals surface area contributed by atoms with Gasteiger partial charge in [-0.05, 0) is 19.1 Å². The fraction of sp³-hybridized carbons (Fsp3) is 0.500. The number of halogens is 2. The van der Waals surface area contributed by atoms with E-state index in [4.69, 9.17) is 4.74 Å². The summed E-state index contributed by atoms with van der Waals surface area (Å²) >= 11 is 0. The van der Waals surface area contributed by atoms with Crippen LogP contribution in [0, 0.1) is 6.92 Å². The number of alkyl halides is 2. The first-order valence-corrected chi connectivity index (χ1v) is 5.35. The van der Waals surface area contributed by atoms with Gasteiger partial charge < -0.3 is 4.74 Å². The average Bonchev–Trinajstić information content (AvgIpc) is 2.18. The van der Waals surface area contributed by atoms with Crippen LogP contribution >= 0.6 is 0 Å². The number of hydrogen-bond acceptors (Lipinski definition) is 2. The fourth-order valence-electron chi connectivity index (χ4n) is 1.69. The number of hydrogen-bond donors (Lipinski definition) is 0. The highest BCUT2D eigenvalue weighted by molar-refractivity contribution is 5.26. The van der Waals surface area contributed by atoms with Gasteiger partial charge in [-0.2, -0.15) is 0 Å². The third-order valence-electron chi connectivity index (χ3n) is 2.61. The maximum absolute atomic E-state index is 12.5. The number of likely N-dealkylation sites (tertiary alicyclic amines) is 1. The summed E-state index contributed by atoms with van der Waals surface area (Å²) in [7, 11) is 0. The minimum Gasteiger partial charge on any atom is -0.492 e. The van der Waals surface area contributed by atoms with Gasteiger partial charge in [0.1, 0.15) is 12.4 Å². The zero-order chi connectivity index (χ0) is 11.6. The van der Waals surface area contributed by atoms with Gasteiger partial charge in [0.2, 0.25) is 0 Å². The molecule has 0 saturated carbocycles. The molecule has 0 N–H and O–H groups in total. The molecule has 88 valence electrons. The van der Waals surface area contributed by atoms with E-state index in [9.17, 15) is 8.78 Å². The first-order valence-electron chi connectivity index (χ1n) is 5.35. The molecule has 0 amide bonds. The lowest BCUT2D eigenvalue weighted by molar-refractivity contribution is -0.132. The van der Waals surface area contributed by atoms with E-state index in [0.29, 0.717) is 13.2 Å². The summed E-state index contributed by atoms with van der Waals surface area (Å²) in [5, 5.41) is 0. The quantitative estimate of drug-likeness (QED) is 0.782. The molecule has 2 nitrogen and oxygen atoms in total. The highest BCUT2D eigenvalue weighted by Gasteiger charge is 2.43. The Bertz CT molecular complexity index is 343. The van der Waals surface area contributed by atoms with Gasteiger partial charge in [-0.3, -0.25) is 4.90 Å². The Hall–Kier alpha value is -1.16. The Morgan fingerprint density at radius 1 is 1.25 bits per heavy atom. The highest BCUT2D eigenvalue weighted by Crippen LogP contribution is 2.25. The van der Waals surface area contributed by atoms with Crippen molar-refractivity contribution in [3.05, 3.63) is 29.8 Å². The molecule has 0 aromatic heterocycles. The van der Waals surface area contributed by atoms with Crippen LogP contribution in [0.15, 0.2) is 24.3 Å². The average molecular weight is 227 g/mol. The number of aryl methyl sites for hydroxylation is 1. The summed E-state index contributed by atoms with van der Waals surface area (Å²) in [4.78, 5) is 1.69. The minimum absolute atomic E-state index is 0.135. The molecule has 0 aliphatic carbocycles. The van der Waals surface area contributed by atoms with Crippen molar-refractivity contribution in [2.75, 3.05) is 26.2 Å². The van der Waals surface area contributed by atoms with Crippen molar-refractivity contribution in [1.29, 1.82) is 0 Å². The summed E-state index contributed by atoms with van der Waals surface area (Å²) in [6, 6.07) is 7.71. The maximum Gasteiger partial charge on any atom is 0.272 e. The molecule has 1 aromatic carbocycles. The van der Waals surface area contributed by atoms with Crippen molar-refractivity contribution in [3.8, 4) is 5.75 Å². The van der Waals surface area contributed by atoms with Gasteiger partial charge >= 0.3 is 0 Å². The smallest absolute Gasteiger partial charge is 0.272 e. The van der Waals surface area contributed by atoms with Crippen molar-refractivity contribution in [2.45, 2.75) is 12.8 Å². The minimum atomic E-state index is -2.48. The molecule has 16 heavy (non-hydrogen) atoms. The topological polar surface area (TPSA) is 12.5 Å². The van der Waals surface area contributed by atoms with Crippen LogP contribution in [0.3, 0.4) is 0 Å². The first-order chi connectivity index (χ1) is 7.55. The molecular formula is C12H15F2NO. The molecule has 0 radical (unpaired) electrons. The molecule has 1 saturated heterocycles. The Morgan fingerprint density at radius 2 is 1.88 bits per heavy atom. The molecule has 1 fully saturated rings. The van der Waals surface area contributed by atoms with E-state index >= 15 is 0 Å². The summed E-state index contributed by atoms with van der Waals surface area (Å²) < 4.78 is 30.4. The molecule has 0 unspecified atom stereocenters. The van der Waals surface area contributed by atoms with Gasteiger partial charge in [0.25, 0.3) is 5.92 Å². The van der Waals surface area contributed by atoms with E-state index in [1.165, 1.54) is 5.56 Å². The van der Waals surface area contributed by atoms with Crippen molar-refractivity contribution in [3.63, 3.8) is 0 Å². The Morgan fingerprint density at radius 3 is 2.44 bits per heavy atom. The first kappa shape index (κ1) is 11.3. The van der Waals surface area contributed by atoms with E-state index < -0.39 is 5.92 Å². The SMILES string of the molecule is Cc1ccc(OCCN2CC(F)(F)C2)cc1. The summed E-state index contributed by atoms with van der Waals surface area (Å²) in [5.41, 5.74) is 1.18. The maximum atomic E-state index is 12.5. The lowest BCUT2D eigenvalue weighted by Crippen LogP contribution is -2.56. The van der Waals surface area contributed by atoms with Gasteiger partial charge in [-0.25, -0.2) is 8.78 Å². The number of benzene rings is 1. The molecule has 1 aliphatic heterocycles. The molecule has 0 bridgehead atoms. The zero-order valence-corrected chi connectivity index (χ0v) is 9.25. The largest absolute Gasteiger partial charge is 0.492 e. The number of rotatable bonds is 4. The lowest BCUT2D eigenvalue weighted by atomic mass is 10.1. The normalized spacial score (nSPS) is 19.2. The number of nitrogens with zero attached hydrogens (tertiary/aromatic N) is 1. The van der Waals surface area contributed by atoms with Crippen LogP contribution in [0.4, 0.5) is 8.78 Å². The molecule has 1 aliphatic rings. The predicted octanol–water partition coefficient (Wildman–Crippen LogP) is 2.32. The van der Waals surface area contributed by atoms with E-state index in [1.54, 1.807) is 4.90 Å². The van der Waals surface area contributed by atoms with Gasteiger partial charge in [0, 0.05) is 6.54 Å². The van der Waals surface area contributed by atoms with E-state index in [2.05, 4.69) is 0 Å². The van der Waals surface area contributed by atoms with Crippen LogP contribution in [0.25, 0.3) is 0 Å². The van der Waals surface area contributed by atoms with Crippen LogP contribution < -0.4 is 4.74 Å². The van der Waals surface area contributed by atoms with Gasteiger partial charge in [0.05, 0.1) is 13.1 Å². The van der Waals surface area contributed by atoms with Crippen LogP contribution in [-0.2, 0) is 0 Å². The Kier molecular flexibility index (Phi) is 3.10. The van der Waals surface area contributed by atoms with Gasteiger partial charge in [-0.15, -0.1) is 0 Å². The second-order valence-electron chi connectivity index (χ2n) is 4.23. The van der Waals surface area contributed by atoms with E-state index in [0.717, 1.165) is 5.75 Å². The van der Waals surface area contributed by atoms with Crippen molar-refractivity contribution in [1.82, 2.24) is 4.90 Å². The summed E-state index contributed by atoms with van der Waals surface area (Å²) in [5.74, 6) is -1.69. The van der Waals surface area contributed by atoms with Gasteiger partial charge in [-0.1, -0.05) is 17.7 Å².